The standard InChI is InChI=1S/C47H72N2O4/c1-4-6-8-10-12-14-16-18-20-22-24-26-28-30-32-34-36-41-45(50)48-43-39-38-40-44(47(52)53-3)49-46(51)42-37-35-33-31-29-27-25-23-21-19-17-15-13-11-9-7-5-2/h6-9,12-15,18-21,24-27,30-33,44H,4-5,10-11,16-17,22-23,28-29,34-43H2,1-3H3,(H,48,50)(H,49,51)/t44-/m0/s1. The number of hydrogen-bond donors (Lipinski definition) is 2. The summed E-state index contributed by atoms with van der Waals surface area (Å²) in [6.45, 7) is 4.84. The van der Waals surface area contributed by atoms with Crippen molar-refractivity contribution >= 4 is 17.8 Å². The van der Waals surface area contributed by atoms with E-state index >= 15 is 0 Å². The molecule has 2 amide bonds. The number of nitrogens with one attached hydrogen (secondary N) is 2. The van der Waals surface area contributed by atoms with Crippen LogP contribution in [0, 0.1) is 0 Å². The molecule has 0 radical (unpaired) electrons. The van der Waals surface area contributed by atoms with Crippen molar-refractivity contribution in [3.8, 4) is 0 Å². The molecule has 0 aromatic carbocycles. The molecule has 294 valence electrons. The molecule has 0 aromatic heterocycles. The Morgan fingerprint density at radius 3 is 1.21 bits per heavy atom. The van der Waals surface area contributed by atoms with E-state index in [9.17, 15) is 14.4 Å². The molecule has 0 unspecified atom stereocenters. The lowest BCUT2D eigenvalue weighted by atomic mass is 10.1. The number of amides is 2. The summed E-state index contributed by atoms with van der Waals surface area (Å²) in [5.41, 5.74) is 0. The first kappa shape index (κ1) is 48.8. The summed E-state index contributed by atoms with van der Waals surface area (Å²) in [5.74, 6) is -0.536. The van der Waals surface area contributed by atoms with E-state index in [1.807, 2.05) is 0 Å². The van der Waals surface area contributed by atoms with Crippen molar-refractivity contribution in [2.24, 2.45) is 0 Å². The molecule has 6 nitrogen and oxygen atoms in total. The van der Waals surface area contributed by atoms with Crippen molar-refractivity contribution in [2.75, 3.05) is 13.7 Å². The third-order valence-corrected chi connectivity index (χ3v) is 7.93. The molecule has 0 saturated heterocycles. The van der Waals surface area contributed by atoms with E-state index < -0.39 is 12.0 Å². The van der Waals surface area contributed by atoms with Crippen molar-refractivity contribution in [2.45, 2.75) is 142 Å². The van der Waals surface area contributed by atoms with Crippen molar-refractivity contribution < 1.29 is 19.1 Å². The number of carbonyl (C=O) groups is 3. The van der Waals surface area contributed by atoms with Gasteiger partial charge in [-0.15, -0.1) is 0 Å². The molecule has 0 bridgehead atoms. The molecule has 0 fully saturated rings. The predicted octanol–water partition coefficient (Wildman–Crippen LogP) is 11.8. The van der Waals surface area contributed by atoms with Gasteiger partial charge in [0, 0.05) is 19.4 Å². The molecule has 1 atom stereocenters. The normalized spacial score (nSPS) is 13.3. The van der Waals surface area contributed by atoms with E-state index in [0.717, 1.165) is 96.3 Å². The minimum atomic E-state index is -0.666. The van der Waals surface area contributed by atoms with Gasteiger partial charge in [0.25, 0.3) is 0 Å². The first-order chi connectivity index (χ1) is 26.0. The van der Waals surface area contributed by atoms with E-state index in [1.165, 1.54) is 7.11 Å². The largest absolute Gasteiger partial charge is 0.467 e. The van der Waals surface area contributed by atoms with Crippen molar-refractivity contribution in [3.05, 3.63) is 122 Å². The number of ether oxygens (including phenoxy) is 1. The molecule has 53 heavy (non-hydrogen) atoms. The lowest BCUT2D eigenvalue weighted by Gasteiger charge is -2.16. The van der Waals surface area contributed by atoms with Crippen LogP contribution in [0.2, 0.25) is 0 Å². The Bertz CT molecular complexity index is 1210. The lowest BCUT2D eigenvalue weighted by molar-refractivity contribution is -0.145. The number of methoxy groups -OCH3 is 1. The van der Waals surface area contributed by atoms with Crippen molar-refractivity contribution in [3.63, 3.8) is 0 Å². The zero-order chi connectivity index (χ0) is 38.7. The summed E-state index contributed by atoms with van der Waals surface area (Å²) < 4.78 is 4.91. The quantitative estimate of drug-likeness (QED) is 0.0400. The fourth-order valence-corrected chi connectivity index (χ4v) is 4.95. The van der Waals surface area contributed by atoms with Crippen LogP contribution in [0.25, 0.3) is 0 Å². The monoisotopic (exact) mass is 729 g/mol. The molecule has 0 saturated carbocycles. The molecule has 0 heterocycles. The Morgan fingerprint density at radius 1 is 0.472 bits per heavy atom. The zero-order valence-corrected chi connectivity index (χ0v) is 33.4. The summed E-state index contributed by atoms with van der Waals surface area (Å²) in [7, 11) is 1.34. The van der Waals surface area contributed by atoms with E-state index in [4.69, 9.17) is 4.74 Å². The first-order valence-electron chi connectivity index (χ1n) is 20.2. The van der Waals surface area contributed by atoms with Gasteiger partial charge in [-0.3, -0.25) is 9.59 Å². The number of allylic oxidation sites excluding steroid dienone is 20. The van der Waals surface area contributed by atoms with Gasteiger partial charge in [-0.25, -0.2) is 4.79 Å². The number of esters is 1. The molecule has 0 spiro atoms. The maximum Gasteiger partial charge on any atom is 0.328 e. The highest BCUT2D eigenvalue weighted by molar-refractivity contribution is 5.84. The van der Waals surface area contributed by atoms with Gasteiger partial charge in [0.2, 0.25) is 11.8 Å². The Kier molecular flexibility index (Phi) is 37.4. The van der Waals surface area contributed by atoms with Gasteiger partial charge in [0.15, 0.2) is 0 Å². The Morgan fingerprint density at radius 2 is 0.830 bits per heavy atom. The molecular weight excluding hydrogens is 657 g/mol. The highest BCUT2D eigenvalue weighted by atomic mass is 16.5. The van der Waals surface area contributed by atoms with Crippen molar-refractivity contribution in [1.29, 1.82) is 0 Å². The Balaban J connectivity index is 3.96. The van der Waals surface area contributed by atoms with Crippen LogP contribution < -0.4 is 10.6 Å². The van der Waals surface area contributed by atoms with Crippen LogP contribution in [-0.2, 0) is 19.1 Å². The van der Waals surface area contributed by atoms with Crippen LogP contribution in [0.1, 0.15) is 136 Å². The maximum absolute atomic E-state index is 12.5. The molecular formula is C47H72N2O4. The van der Waals surface area contributed by atoms with Gasteiger partial charge in [-0.1, -0.05) is 135 Å². The predicted molar refractivity (Wildman–Crippen MR) is 227 cm³/mol. The maximum atomic E-state index is 12.5. The number of unbranched alkanes of at least 4 members (excludes halogenated alkanes) is 3. The second kappa shape index (κ2) is 40.6. The summed E-state index contributed by atoms with van der Waals surface area (Å²) in [4.78, 5) is 36.9. The lowest BCUT2D eigenvalue weighted by Crippen LogP contribution is -2.41. The van der Waals surface area contributed by atoms with Gasteiger partial charge in [0.05, 0.1) is 7.11 Å². The van der Waals surface area contributed by atoms with Crippen LogP contribution >= 0.6 is 0 Å². The van der Waals surface area contributed by atoms with Crippen LogP contribution in [0.3, 0.4) is 0 Å². The van der Waals surface area contributed by atoms with Crippen LogP contribution in [0.15, 0.2) is 122 Å². The number of hydrogen-bond acceptors (Lipinski definition) is 4. The van der Waals surface area contributed by atoms with Crippen LogP contribution in [-0.4, -0.2) is 37.5 Å². The van der Waals surface area contributed by atoms with Crippen LogP contribution in [0.4, 0.5) is 0 Å². The fraction of sp³-hybridized carbons (Fsp3) is 0.511. The van der Waals surface area contributed by atoms with E-state index in [-0.39, 0.29) is 11.8 Å². The van der Waals surface area contributed by atoms with E-state index in [0.29, 0.717) is 32.2 Å². The van der Waals surface area contributed by atoms with Crippen LogP contribution in [0.5, 0.6) is 0 Å². The smallest absolute Gasteiger partial charge is 0.328 e. The van der Waals surface area contributed by atoms with Gasteiger partial charge in [-0.05, 0) is 109 Å². The molecule has 0 aliphatic carbocycles. The average molecular weight is 729 g/mol. The van der Waals surface area contributed by atoms with Gasteiger partial charge >= 0.3 is 5.97 Å². The third kappa shape index (κ3) is 37.4. The number of carbonyl (C=O) groups excluding carboxylic acids is 3. The highest BCUT2D eigenvalue weighted by Crippen LogP contribution is 2.06. The van der Waals surface area contributed by atoms with Gasteiger partial charge in [0.1, 0.15) is 6.04 Å². The van der Waals surface area contributed by atoms with Gasteiger partial charge in [-0.2, -0.15) is 0 Å². The molecule has 0 rings (SSSR count). The summed E-state index contributed by atoms with van der Waals surface area (Å²) in [6.07, 6.45) is 59.3. The second-order valence-electron chi connectivity index (χ2n) is 12.7. The van der Waals surface area contributed by atoms with Crippen molar-refractivity contribution in [1.82, 2.24) is 10.6 Å². The fourth-order valence-electron chi connectivity index (χ4n) is 4.95. The Labute approximate surface area is 323 Å². The molecule has 6 heteroatoms. The average Bonchev–Trinajstić information content (AvgIpc) is 3.16. The SMILES string of the molecule is CCC=CCC=CCC=CCC=CCC=CCCCC(=O)NCCCC[C@H](NC(=O)CCCC=CCC=CCC=CCC=CCC=CCC)C(=O)OC. The summed E-state index contributed by atoms with van der Waals surface area (Å²) >= 11 is 0. The zero-order valence-electron chi connectivity index (χ0n) is 33.4. The Hall–Kier alpha value is -4.19. The minimum absolute atomic E-state index is 0.0442. The second-order valence-corrected chi connectivity index (χ2v) is 12.7. The number of rotatable bonds is 33. The molecule has 2 N–H and O–H groups in total. The topological polar surface area (TPSA) is 84.5 Å². The third-order valence-electron chi connectivity index (χ3n) is 7.93. The summed E-state index contributed by atoms with van der Waals surface area (Å²) in [6, 6.07) is -0.666. The van der Waals surface area contributed by atoms with E-state index in [2.05, 4.69) is 146 Å². The first-order valence-corrected chi connectivity index (χ1v) is 20.2. The molecule has 0 aromatic rings. The molecule has 0 aliphatic heterocycles. The summed E-state index contributed by atoms with van der Waals surface area (Å²) in [5, 5.41) is 5.79. The minimum Gasteiger partial charge on any atom is -0.467 e. The highest BCUT2D eigenvalue weighted by Gasteiger charge is 2.20. The van der Waals surface area contributed by atoms with Gasteiger partial charge < -0.3 is 15.4 Å². The molecule has 0 aliphatic rings. The van der Waals surface area contributed by atoms with E-state index in [1.54, 1.807) is 0 Å².